The maximum absolute atomic E-state index is 12.5. The van der Waals surface area contributed by atoms with Gasteiger partial charge in [-0.15, -0.1) is 0 Å². The molecule has 28 heavy (non-hydrogen) atoms. The highest BCUT2D eigenvalue weighted by atomic mass is 32.2. The predicted molar refractivity (Wildman–Crippen MR) is 112 cm³/mol. The molecule has 0 heterocycles. The third-order valence-electron chi connectivity index (χ3n) is 3.96. The van der Waals surface area contributed by atoms with E-state index >= 15 is 0 Å². The molecule has 0 amide bonds. The van der Waals surface area contributed by atoms with Crippen LogP contribution >= 0.6 is 0 Å². The molecule has 6 nitrogen and oxygen atoms in total. The molecule has 0 bridgehead atoms. The molecule has 146 valence electrons. The monoisotopic (exact) mass is 416 g/mol. The van der Waals surface area contributed by atoms with Crippen LogP contribution in [0, 0.1) is 6.92 Å². The van der Waals surface area contributed by atoms with Crippen LogP contribution in [0.4, 0.5) is 11.4 Å². The molecule has 0 unspecified atom stereocenters. The van der Waals surface area contributed by atoms with E-state index in [0.717, 1.165) is 22.9 Å². The van der Waals surface area contributed by atoms with Crippen LogP contribution in [0.3, 0.4) is 0 Å². The van der Waals surface area contributed by atoms with Gasteiger partial charge in [0.25, 0.3) is 10.0 Å². The van der Waals surface area contributed by atoms with Gasteiger partial charge in [0.2, 0.25) is 10.0 Å². The molecule has 0 aliphatic carbocycles. The van der Waals surface area contributed by atoms with Gasteiger partial charge in [-0.05, 0) is 54.4 Å². The van der Waals surface area contributed by atoms with E-state index in [1.165, 1.54) is 24.3 Å². The largest absolute Gasteiger partial charge is 0.284 e. The van der Waals surface area contributed by atoms with Crippen molar-refractivity contribution in [2.24, 2.45) is 0 Å². The molecular formula is C20H20N2O4S2. The summed E-state index contributed by atoms with van der Waals surface area (Å²) in [5.74, 6) is 0. The van der Waals surface area contributed by atoms with E-state index in [-0.39, 0.29) is 4.90 Å². The Bertz CT molecular complexity index is 1190. The number of anilines is 2. The summed E-state index contributed by atoms with van der Waals surface area (Å²) in [6, 6.07) is 20.7. The van der Waals surface area contributed by atoms with Crippen molar-refractivity contribution >= 4 is 31.4 Å². The van der Waals surface area contributed by atoms with Crippen molar-refractivity contribution in [2.75, 3.05) is 15.7 Å². The Balaban J connectivity index is 1.77. The summed E-state index contributed by atoms with van der Waals surface area (Å²) >= 11 is 0. The zero-order chi connectivity index (χ0) is 20.4. The topological polar surface area (TPSA) is 92.3 Å². The third-order valence-corrected chi connectivity index (χ3v) is 5.96. The maximum atomic E-state index is 12.5. The van der Waals surface area contributed by atoms with Crippen molar-refractivity contribution in [1.82, 2.24) is 0 Å². The van der Waals surface area contributed by atoms with Crippen molar-refractivity contribution in [3.8, 4) is 11.1 Å². The molecule has 0 atom stereocenters. The summed E-state index contributed by atoms with van der Waals surface area (Å²) in [5.41, 5.74) is 3.93. The van der Waals surface area contributed by atoms with Gasteiger partial charge in [0.05, 0.1) is 11.2 Å². The second kappa shape index (κ2) is 7.65. The molecule has 0 saturated carbocycles. The number of aryl methyl sites for hydroxylation is 1. The van der Waals surface area contributed by atoms with Gasteiger partial charge in [0.15, 0.2) is 0 Å². The fraction of sp³-hybridized carbons (Fsp3) is 0.100. The molecule has 3 aromatic rings. The van der Waals surface area contributed by atoms with E-state index in [1.54, 1.807) is 12.1 Å². The summed E-state index contributed by atoms with van der Waals surface area (Å²) in [4.78, 5) is 0.0364. The van der Waals surface area contributed by atoms with Crippen LogP contribution in [-0.2, 0) is 20.0 Å². The summed E-state index contributed by atoms with van der Waals surface area (Å²) in [6.45, 7) is 2.02. The number of rotatable bonds is 6. The number of nitrogens with one attached hydrogen (secondary N) is 2. The van der Waals surface area contributed by atoms with Crippen LogP contribution < -0.4 is 9.44 Å². The van der Waals surface area contributed by atoms with E-state index in [2.05, 4.69) is 15.5 Å². The van der Waals surface area contributed by atoms with Gasteiger partial charge in [-0.25, -0.2) is 16.8 Å². The molecule has 0 aliphatic rings. The Kier molecular flexibility index (Phi) is 5.44. The first-order valence-corrected chi connectivity index (χ1v) is 11.8. The molecule has 0 aliphatic heterocycles. The maximum Gasteiger partial charge on any atom is 0.261 e. The minimum absolute atomic E-state index is 0.0364. The van der Waals surface area contributed by atoms with Gasteiger partial charge < -0.3 is 0 Å². The third kappa shape index (κ3) is 5.11. The normalized spacial score (nSPS) is 11.8. The highest BCUT2D eigenvalue weighted by molar-refractivity contribution is 7.92. The van der Waals surface area contributed by atoms with Crippen LogP contribution in [0.2, 0.25) is 0 Å². The van der Waals surface area contributed by atoms with Crippen LogP contribution in [0.1, 0.15) is 5.56 Å². The van der Waals surface area contributed by atoms with E-state index in [4.69, 9.17) is 0 Å². The fourth-order valence-electron chi connectivity index (χ4n) is 2.69. The quantitative estimate of drug-likeness (QED) is 0.639. The summed E-state index contributed by atoms with van der Waals surface area (Å²) in [7, 11) is -7.20. The minimum atomic E-state index is -3.79. The van der Waals surface area contributed by atoms with E-state index < -0.39 is 20.0 Å². The Hall–Kier alpha value is -2.84. The number of benzene rings is 3. The van der Waals surface area contributed by atoms with E-state index in [0.29, 0.717) is 11.4 Å². The lowest BCUT2D eigenvalue weighted by molar-refractivity contribution is 0.601. The van der Waals surface area contributed by atoms with Gasteiger partial charge in [-0.1, -0.05) is 42.0 Å². The highest BCUT2D eigenvalue weighted by Gasteiger charge is 2.14. The lowest BCUT2D eigenvalue weighted by Crippen LogP contribution is -2.13. The minimum Gasteiger partial charge on any atom is -0.284 e. The van der Waals surface area contributed by atoms with Crippen LogP contribution in [-0.4, -0.2) is 23.1 Å². The summed E-state index contributed by atoms with van der Waals surface area (Å²) < 4.78 is 52.4. The van der Waals surface area contributed by atoms with Crippen molar-refractivity contribution in [1.29, 1.82) is 0 Å². The molecule has 3 aromatic carbocycles. The molecule has 0 fully saturated rings. The van der Waals surface area contributed by atoms with Crippen LogP contribution in [0.25, 0.3) is 11.1 Å². The molecule has 8 heteroatoms. The van der Waals surface area contributed by atoms with E-state index in [1.807, 2.05) is 37.3 Å². The second-order valence-corrected chi connectivity index (χ2v) is 9.88. The first-order chi connectivity index (χ1) is 13.1. The molecule has 3 rings (SSSR count). The average molecular weight is 417 g/mol. The lowest BCUT2D eigenvalue weighted by atomic mass is 10.0. The summed E-state index contributed by atoms with van der Waals surface area (Å²) in [5, 5.41) is 0. The van der Waals surface area contributed by atoms with E-state index in [9.17, 15) is 16.8 Å². The van der Waals surface area contributed by atoms with Crippen LogP contribution in [0.15, 0.2) is 77.7 Å². The van der Waals surface area contributed by atoms with Crippen LogP contribution in [0.5, 0.6) is 0 Å². The number of hydrogen-bond acceptors (Lipinski definition) is 4. The number of sulfonamides is 2. The van der Waals surface area contributed by atoms with Crippen molar-refractivity contribution in [3.05, 3.63) is 78.4 Å². The van der Waals surface area contributed by atoms with Crippen molar-refractivity contribution < 1.29 is 16.8 Å². The van der Waals surface area contributed by atoms with Gasteiger partial charge in [-0.3, -0.25) is 9.44 Å². The Labute approximate surface area is 165 Å². The van der Waals surface area contributed by atoms with Gasteiger partial charge in [0, 0.05) is 11.4 Å². The van der Waals surface area contributed by atoms with Gasteiger partial charge >= 0.3 is 0 Å². The molecule has 0 spiro atoms. The SMILES string of the molecule is Cc1cccc(-c2ccc(NS(=O)(=O)c3ccc(NS(C)(=O)=O)cc3)cc2)c1. The predicted octanol–water partition coefficient (Wildman–Crippen LogP) is 3.83. The summed E-state index contributed by atoms with van der Waals surface area (Å²) in [6.07, 6.45) is 1.03. The Morgan fingerprint density at radius 3 is 1.82 bits per heavy atom. The first kappa shape index (κ1) is 19.9. The number of hydrogen-bond donors (Lipinski definition) is 2. The Morgan fingerprint density at radius 2 is 1.25 bits per heavy atom. The van der Waals surface area contributed by atoms with Crippen molar-refractivity contribution in [3.63, 3.8) is 0 Å². The standard InChI is InChI=1S/C20H20N2O4S2/c1-15-4-3-5-17(14-15)16-6-8-19(9-7-16)22-28(25,26)20-12-10-18(11-13-20)21-27(2,23)24/h3-14,21-22H,1-2H3. The average Bonchev–Trinajstić information content (AvgIpc) is 2.61. The first-order valence-electron chi connectivity index (χ1n) is 8.40. The zero-order valence-electron chi connectivity index (χ0n) is 15.4. The zero-order valence-corrected chi connectivity index (χ0v) is 17.0. The highest BCUT2D eigenvalue weighted by Crippen LogP contribution is 2.24. The molecule has 0 aromatic heterocycles. The van der Waals surface area contributed by atoms with Gasteiger partial charge in [0.1, 0.15) is 0 Å². The fourth-order valence-corrected chi connectivity index (χ4v) is 4.31. The molecule has 0 radical (unpaired) electrons. The molecule has 2 N–H and O–H groups in total. The second-order valence-electron chi connectivity index (χ2n) is 6.45. The molecular weight excluding hydrogens is 396 g/mol. The van der Waals surface area contributed by atoms with Crippen molar-refractivity contribution in [2.45, 2.75) is 11.8 Å². The van der Waals surface area contributed by atoms with Gasteiger partial charge in [-0.2, -0.15) is 0 Å². The Morgan fingerprint density at radius 1 is 0.679 bits per heavy atom. The smallest absolute Gasteiger partial charge is 0.261 e. The lowest BCUT2D eigenvalue weighted by Gasteiger charge is -2.10. The molecule has 0 saturated heterocycles.